The second-order valence-electron chi connectivity index (χ2n) is 6.61. The third-order valence-electron chi connectivity index (χ3n) is 3.22. The van der Waals surface area contributed by atoms with Crippen LogP contribution < -0.4 is 10.1 Å². The Morgan fingerprint density at radius 2 is 1.96 bits per heavy atom. The van der Waals surface area contributed by atoms with Gasteiger partial charge in [-0.2, -0.15) is 0 Å². The van der Waals surface area contributed by atoms with Crippen molar-refractivity contribution >= 4 is 28.0 Å². The number of benzene rings is 1. The maximum Gasteiger partial charge on any atom is 0.407 e. The number of ether oxygens (including phenoxy) is 2. The van der Waals surface area contributed by atoms with Crippen LogP contribution in [0.2, 0.25) is 0 Å². The van der Waals surface area contributed by atoms with E-state index in [-0.39, 0.29) is 18.6 Å². The van der Waals surface area contributed by atoms with Gasteiger partial charge in [0.2, 0.25) is 0 Å². The topological polar surface area (TPSA) is 105 Å². The summed E-state index contributed by atoms with van der Waals surface area (Å²) in [5, 5.41) is 21.5. The monoisotopic (exact) mass is 417 g/mol. The average molecular weight is 418 g/mol. The molecule has 0 bridgehead atoms. The Balaban J connectivity index is 2.91. The van der Waals surface area contributed by atoms with Gasteiger partial charge in [0.05, 0.1) is 11.6 Å². The lowest BCUT2D eigenvalue weighted by atomic mass is 10.0. The molecule has 0 aliphatic heterocycles. The van der Waals surface area contributed by atoms with Crippen LogP contribution in [0.15, 0.2) is 16.6 Å². The van der Waals surface area contributed by atoms with E-state index >= 15 is 0 Å². The van der Waals surface area contributed by atoms with Crippen LogP contribution in [0.3, 0.4) is 0 Å². The largest absolute Gasteiger partial charge is 0.503 e. The number of methoxy groups -OCH3 is 1. The number of hydrogen-bond acceptors (Lipinski definition) is 5. The van der Waals surface area contributed by atoms with E-state index in [1.807, 2.05) is 0 Å². The lowest BCUT2D eigenvalue weighted by Gasteiger charge is -2.23. The van der Waals surface area contributed by atoms with Crippen molar-refractivity contribution < 1.29 is 29.3 Å². The molecule has 0 aliphatic carbocycles. The van der Waals surface area contributed by atoms with Crippen LogP contribution >= 0.6 is 15.9 Å². The summed E-state index contributed by atoms with van der Waals surface area (Å²) >= 11 is 3.24. The molecule has 0 saturated heterocycles. The van der Waals surface area contributed by atoms with E-state index in [0.29, 0.717) is 16.6 Å². The molecule has 3 N–H and O–H groups in total. The molecule has 0 aromatic heterocycles. The molecule has 7 nitrogen and oxygen atoms in total. The van der Waals surface area contributed by atoms with Crippen LogP contribution in [-0.4, -0.2) is 41.0 Å². The molecule has 0 saturated carbocycles. The van der Waals surface area contributed by atoms with E-state index < -0.39 is 23.7 Å². The van der Waals surface area contributed by atoms with Crippen molar-refractivity contribution in [2.45, 2.75) is 51.7 Å². The molecular weight excluding hydrogens is 394 g/mol. The third kappa shape index (κ3) is 7.64. The fourth-order valence-electron chi connectivity index (χ4n) is 2.18. The fraction of sp³-hybridized carbons (Fsp3) is 0.529. The van der Waals surface area contributed by atoms with Gasteiger partial charge < -0.3 is 25.0 Å². The van der Waals surface area contributed by atoms with Crippen LogP contribution in [-0.2, 0) is 16.0 Å². The number of hydrogen-bond donors (Lipinski definition) is 3. The number of carbonyl (C=O) groups excluding carboxylic acids is 1. The van der Waals surface area contributed by atoms with Gasteiger partial charge in [-0.05, 0) is 67.2 Å². The van der Waals surface area contributed by atoms with Gasteiger partial charge >= 0.3 is 12.1 Å². The Morgan fingerprint density at radius 1 is 1.32 bits per heavy atom. The quantitative estimate of drug-likeness (QED) is 0.627. The molecule has 0 radical (unpaired) electrons. The van der Waals surface area contributed by atoms with E-state index in [1.54, 1.807) is 32.9 Å². The molecule has 1 rings (SSSR count). The average Bonchev–Trinajstić information content (AvgIpc) is 2.46. The number of carboxylic acid groups (broad SMARTS) is 1. The number of halogens is 1. The van der Waals surface area contributed by atoms with E-state index in [1.165, 1.54) is 7.11 Å². The highest BCUT2D eigenvalue weighted by Crippen LogP contribution is 2.35. The molecule has 140 valence electrons. The molecule has 1 unspecified atom stereocenters. The van der Waals surface area contributed by atoms with Crippen molar-refractivity contribution in [2.75, 3.05) is 7.11 Å². The number of aliphatic carboxylic acids is 1. The first-order valence-electron chi connectivity index (χ1n) is 7.78. The Hall–Kier alpha value is -1.96. The van der Waals surface area contributed by atoms with Gasteiger partial charge in [-0.25, -0.2) is 4.79 Å². The maximum absolute atomic E-state index is 12.0. The number of nitrogens with one attached hydrogen (secondary N) is 1. The van der Waals surface area contributed by atoms with Crippen LogP contribution in [0.5, 0.6) is 11.5 Å². The molecule has 1 aromatic carbocycles. The first kappa shape index (κ1) is 21.1. The summed E-state index contributed by atoms with van der Waals surface area (Å²) in [7, 11) is 1.44. The Morgan fingerprint density at radius 3 is 2.48 bits per heavy atom. The van der Waals surface area contributed by atoms with E-state index in [4.69, 9.17) is 14.6 Å². The van der Waals surface area contributed by atoms with Crippen molar-refractivity contribution in [3.05, 3.63) is 22.2 Å². The molecule has 1 atom stereocenters. The predicted molar refractivity (Wildman–Crippen MR) is 96.1 cm³/mol. The molecule has 1 amide bonds. The van der Waals surface area contributed by atoms with E-state index in [0.717, 1.165) is 5.56 Å². The number of phenols is 1. The zero-order chi connectivity index (χ0) is 19.2. The molecule has 1 aromatic rings. The predicted octanol–water partition coefficient (Wildman–Crippen LogP) is 3.46. The minimum Gasteiger partial charge on any atom is -0.503 e. The fourth-order valence-corrected chi connectivity index (χ4v) is 2.67. The minimum absolute atomic E-state index is 0.0200. The molecule has 8 heteroatoms. The van der Waals surface area contributed by atoms with Gasteiger partial charge in [0, 0.05) is 12.5 Å². The maximum atomic E-state index is 12.0. The summed E-state index contributed by atoms with van der Waals surface area (Å²) in [6.07, 6.45) is -0.0822. The highest BCUT2D eigenvalue weighted by atomic mass is 79.9. The normalized spacial score (nSPS) is 12.4. The number of amides is 1. The van der Waals surface area contributed by atoms with Gasteiger partial charge in [0.1, 0.15) is 5.60 Å². The molecule has 0 spiro atoms. The highest BCUT2D eigenvalue weighted by molar-refractivity contribution is 9.10. The second-order valence-corrected chi connectivity index (χ2v) is 7.46. The smallest absolute Gasteiger partial charge is 0.407 e. The number of carbonyl (C=O) groups is 2. The molecule has 0 aliphatic rings. The Kier molecular flexibility index (Phi) is 7.54. The van der Waals surface area contributed by atoms with Crippen molar-refractivity contribution in [3.63, 3.8) is 0 Å². The van der Waals surface area contributed by atoms with E-state index in [9.17, 15) is 14.7 Å². The van der Waals surface area contributed by atoms with Crippen molar-refractivity contribution in [3.8, 4) is 11.5 Å². The zero-order valence-corrected chi connectivity index (χ0v) is 16.3. The van der Waals surface area contributed by atoms with Crippen LogP contribution in [0.25, 0.3) is 0 Å². The summed E-state index contributed by atoms with van der Waals surface area (Å²) in [4.78, 5) is 22.9. The number of carboxylic acids is 1. The molecule has 0 heterocycles. The first-order valence-corrected chi connectivity index (χ1v) is 8.58. The standard InChI is InChI=1S/C17H24BrNO6/c1-17(2,3)25-16(23)19-11(5-6-14(20)21)7-10-8-12(18)15(22)13(9-10)24-4/h8-9,11,22H,5-7H2,1-4H3,(H,19,23)(H,20,21). The van der Waals surface area contributed by atoms with Gasteiger partial charge in [-0.3, -0.25) is 4.79 Å². The number of aromatic hydroxyl groups is 1. The third-order valence-corrected chi connectivity index (χ3v) is 3.82. The summed E-state index contributed by atoms with van der Waals surface area (Å²) in [5.74, 6) is -0.674. The second kappa shape index (κ2) is 8.94. The Bertz CT molecular complexity index is 626. The van der Waals surface area contributed by atoms with Gasteiger partial charge in [-0.1, -0.05) is 0 Å². The van der Waals surface area contributed by atoms with Gasteiger partial charge in [0.15, 0.2) is 11.5 Å². The SMILES string of the molecule is COc1cc(CC(CCC(=O)O)NC(=O)OC(C)(C)C)cc(Br)c1O. The van der Waals surface area contributed by atoms with Crippen molar-refractivity contribution in [2.24, 2.45) is 0 Å². The van der Waals surface area contributed by atoms with Crippen molar-refractivity contribution in [1.82, 2.24) is 5.32 Å². The lowest BCUT2D eigenvalue weighted by Crippen LogP contribution is -2.40. The summed E-state index contributed by atoms with van der Waals surface area (Å²) in [5.41, 5.74) is 0.125. The zero-order valence-electron chi connectivity index (χ0n) is 14.8. The molecule has 25 heavy (non-hydrogen) atoms. The van der Waals surface area contributed by atoms with Crippen molar-refractivity contribution in [1.29, 1.82) is 0 Å². The number of alkyl carbamates (subject to hydrolysis) is 1. The van der Waals surface area contributed by atoms with Crippen LogP contribution in [0, 0.1) is 0 Å². The Labute approximate surface area is 155 Å². The first-order chi connectivity index (χ1) is 11.5. The summed E-state index contributed by atoms with van der Waals surface area (Å²) in [6, 6.07) is 2.90. The molecule has 0 fully saturated rings. The van der Waals surface area contributed by atoms with Gasteiger partial charge in [-0.15, -0.1) is 0 Å². The van der Waals surface area contributed by atoms with E-state index in [2.05, 4.69) is 21.2 Å². The summed E-state index contributed by atoms with van der Waals surface area (Å²) in [6.45, 7) is 5.25. The van der Waals surface area contributed by atoms with Gasteiger partial charge in [0.25, 0.3) is 0 Å². The number of phenolic OH excluding ortho intramolecular Hbond substituents is 1. The minimum atomic E-state index is -0.944. The number of rotatable bonds is 7. The van der Waals surface area contributed by atoms with Crippen LogP contribution in [0.1, 0.15) is 39.2 Å². The summed E-state index contributed by atoms with van der Waals surface area (Å²) < 4.78 is 10.8. The van der Waals surface area contributed by atoms with Crippen LogP contribution in [0.4, 0.5) is 4.79 Å². The molecular formula is C17H24BrNO6. The lowest BCUT2D eigenvalue weighted by molar-refractivity contribution is -0.137. The highest BCUT2D eigenvalue weighted by Gasteiger charge is 2.21.